The van der Waals surface area contributed by atoms with Gasteiger partial charge in [0.2, 0.25) is 5.88 Å². The van der Waals surface area contributed by atoms with Crippen LogP contribution in [0.4, 0.5) is 0 Å². The number of H-pyrrole nitrogens is 1. The highest BCUT2D eigenvalue weighted by Crippen LogP contribution is 2.31. The number of aliphatic carboxylic acids is 2. The molecule has 2 bridgehead atoms. The van der Waals surface area contributed by atoms with Crippen molar-refractivity contribution in [2.24, 2.45) is 5.92 Å². The molecule has 32 heavy (non-hydrogen) atoms. The first-order valence-corrected chi connectivity index (χ1v) is 10.4. The Hall–Kier alpha value is -3.72. The molecule has 166 valence electrons. The van der Waals surface area contributed by atoms with E-state index < -0.39 is 11.9 Å². The minimum Gasteiger partial charge on any atom is -0.478 e. The molecule has 3 aliphatic heterocycles. The van der Waals surface area contributed by atoms with Crippen LogP contribution in [0.15, 0.2) is 54.7 Å². The number of nitrogens with one attached hydrogen (secondary N) is 1. The molecule has 0 radical (unpaired) electrons. The first-order chi connectivity index (χ1) is 15.5. The number of carboxylic acids is 2. The van der Waals surface area contributed by atoms with Gasteiger partial charge in [-0.2, -0.15) is 0 Å². The van der Waals surface area contributed by atoms with Crippen molar-refractivity contribution in [1.29, 1.82) is 0 Å². The summed E-state index contributed by atoms with van der Waals surface area (Å²) in [5, 5.41) is 25.5. The van der Waals surface area contributed by atoms with Crippen molar-refractivity contribution in [2.75, 3.05) is 19.6 Å². The number of aromatic nitrogens is 3. The van der Waals surface area contributed by atoms with E-state index in [2.05, 4.69) is 32.2 Å². The molecule has 9 nitrogen and oxygen atoms in total. The van der Waals surface area contributed by atoms with Crippen LogP contribution in [0.2, 0.25) is 0 Å². The third-order valence-electron chi connectivity index (χ3n) is 5.74. The van der Waals surface area contributed by atoms with Crippen LogP contribution in [0.25, 0.3) is 22.2 Å². The molecule has 3 aliphatic rings. The van der Waals surface area contributed by atoms with Gasteiger partial charge in [0, 0.05) is 47.4 Å². The third kappa shape index (κ3) is 5.12. The zero-order valence-corrected chi connectivity index (χ0v) is 17.3. The minimum absolute atomic E-state index is 0.265. The summed E-state index contributed by atoms with van der Waals surface area (Å²) in [7, 11) is 0. The number of carbonyl (C=O) groups is 2. The Morgan fingerprint density at radius 3 is 2.34 bits per heavy atom. The molecular formula is C23H24N4O5. The Kier molecular flexibility index (Phi) is 6.46. The lowest BCUT2D eigenvalue weighted by Gasteiger charge is -2.44. The minimum atomic E-state index is -1.26. The van der Waals surface area contributed by atoms with Gasteiger partial charge in [0.1, 0.15) is 6.10 Å². The Morgan fingerprint density at radius 2 is 1.75 bits per heavy atom. The lowest BCUT2D eigenvalue weighted by Crippen LogP contribution is -2.52. The maximum Gasteiger partial charge on any atom is 0.328 e. The van der Waals surface area contributed by atoms with Crippen LogP contribution in [0.5, 0.6) is 5.88 Å². The molecular weight excluding hydrogens is 412 g/mol. The van der Waals surface area contributed by atoms with Crippen LogP contribution < -0.4 is 4.74 Å². The first kappa shape index (κ1) is 21.5. The normalized spacial score (nSPS) is 21.8. The molecule has 0 aliphatic carbocycles. The molecule has 3 N–H and O–H groups in total. The Labute approximate surface area is 184 Å². The lowest BCUT2D eigenvalue weighted by molar-refractivity contribution is -0.134. The predicted octanol–water partition coefficient (Wildman–Crippen LogP) is 2.81. The number of benzene rings is 1. The largest absolute Gasteiger partial charge is 0.478 e. The van der Waals surface area contributed by atoms with E-state index in [-0.39, 0.29) is 6.10 Å². The maximum atomic E-state index is 9.55. The van der Waals surface area contributed by atoms with Gasteiger partial charge in [-0.15, -0.1) is 10.2 Å². The molecule has 0 saturated carbocycles. The molecule has 6 rings (SSSR count). The number of rotatable bonds is 5. The van der Waals surface area contributed by atoms with Crippen LogP contribution in [-0.4, -0.2) is 68.0 Å². The molecule has 0 spiro atoms. The van der Waals surface area contributed by atoms with E-state index in [0.29, 0.717) is 23.9 Å². The van der Waals surface area contributed by atoms with E-state index in [1.165, 1.54) is 25.9 Å². The zero-order valence-electron chi connectivity index (χ0n) is 17.3. The maximum absolute atomic E-state index is 9.55. The Bertz CT molecular complexity index is 1100. The number of ether oxygens (including phenoxy) is 1. The van der Waals surface area contributed by atoms with Crippen molar-refractivity contribution in [3.05, 3.63) is 54.7 Å². The number of nitrogens with zero attached hydrogens (tertiary/aromatic N) is 3. The average molecular weight is 436 g/mol. The van der Waals surface area contributed by atoms with Crippen molar-refractivity contribution >= 4 is 22.8 Å². The van der Waals surface area contributed by atoms with Gasteiger partial charge < -0.3 is 19.9 Å². The van der Waals surface area contributed by atoms with Crippen molar-refractivity contribution < 1.29 is 24.5 Å². The van der Waals surface area contributed by atoms with E-state index >= 15 is 0 Å². The topological polar surface area (TPSA) is 129 Å². The number of hydrogen-bond acceptors (Lipinski definition) is 6. The quantitative estimate of drug-likeness (QED) is 0.521. The second-order valence-electron chi connectivity index (χ2n) is 7.81. The van der Waals surface area contributed by atoms with Gasteiger partial charge in [0.05, 0.1) is 5.69 Å². The fourth-order valence-electron chi connectivity index (χ4n) is 4.15. The van der Waals surface area contributed by atoms with Crippen molar-refractivity contribution in [3.8, 4) is 17.1 Å². The number of piperidine rings is 3. The van der Waals surface area contributed by atoms with Crippen LogP contribution in [-0.2, 0) is 9.59 Å². The molecule has 2 aromatic heterocycles. The lowest BCUT2D eigenvalue weighted by atomic mass is 9.86. The fourth-order valence-corrected chi connectivity index (χ4v) is 4.15. The smallest absolute Gasteiger partial charge is 0.328 e. The van der Waals surface area contributed by atoms with Crippen LogP contribution >= 0.6 is 0 Å². The summed E-state index contributed by atoms with van der Waals surface area (Å²) in [5.74, 6) is -1.21. The van der Waals surface area contributed by atoms with E-state index in [1.807, 2.05) is 30.5 Å². The summed E-state index contributed by atoms with van der Waals surface area (Å²) >= 11 is 0. The monoisotopic (exact) mass is 436 g/mol. The SMILES string of the molecule is O=C(O)C=CC(=O)O.c1ccc2c(-c3ccc(O[C@@H]4CN5CCC4CC5)nn3)c[nH]c2c1. The van der Waals surface area contributed by atoms with Gasteiger partial charge in [0.25, 0.3) is 0 Å². The van der Waals surface area contributed by atoms with Gasteiger partial charge in [-0.1, -0.05) is 18.2 Å². The van der Waals surface area contributed by atoms with Crippen molar-refractivity contribution in [2.45, 2.75) is 18.9 Å². The number of aromatic amines is 1. The van der Waals surface area contributed by atoms with E-state index in [1.54, 1.807) is 0 Å². The van der Waals surface area contributed by atoms with Gasteiger partial charge >= 0.3 is 11.9 Å². The molecule has 3 fully saturated rings. The second-order valence-corrected chi connectivity index (χ2v) is 7.81. The summed E-state index contributed by atoms with van der Waals surface area (Å²) in [5.41, 5.74) is 3.06. The average Bonchev–Trinajstić information content (AvgIpc) is 3.24. The first-order valence-electron chi connectivity index (χ1n) is 10.4. The second kappa shape index (κ2) is 9.61. The summed E-state index contributed by atoms with van der Waals surface area (Å²) in [6.07, 6.45) is 5.85. The molecule has 0 amide bonds. The predicted molar refractivity (Wildman–Crippen MR) is 117 cm³/mol. The van der Waals surface area contributed by atoms with Gasteiger partial charge in [-0.3, -0.25) is 4.90 Å². The highest BCUT2D eigenvalue weighted by Gasteiger charge is 2.35. The highest BCUT2D eigenvalue weighted by atomic mass is 16.5. The van der Waals surface area contributed by atoms with Crippen LogP contribution in [0, 0.1) is 5.92 Å². The molecule has 9 heteroatoms. The van der Waals surface area contributed by atoms with E-state index in [0.717, 1.165) is 28.7 Å². The van der Waals surface area contributed by atoms with Gasteiger partial charge in [-0.05, 0) is 44.0 Å². The third-order valence-corrected chi connectivity index (χ3v) is 5.74. The van der Waals surface area contributed by atoms with Crippen molar-refractivity contribution in [3.63, 3.8) is 0 Å². The molecule has 1 aromatic carbocycles. The van der Waals surface area contributed by atoms with E-state index in [4.69, 9.17) is 14.9 Å². The number of fused-ring (bicyclic) bond motifs is 4. The summed E-state index contributed by atoms with van der Waals surface area (Å²) in [4.78, 5) is 24.9. The number of carboxylic acid groups (broad SMARTS) is 2. The van der Waals surface area contributed by atoms with Crippen LogP contribution in [0.3, 0.4) is 0 Å². The highest BCUT2D eigenvalue weighted by molar-refractivity contribution is 5.94. The summed E-state index contributed by atoms with van der Waals surface area (Å²) in [6.45, 7) is 3.46. The fraction of sp³-hybridized carbons (Fsp3) is 0.304. The molecule has 3 aromatic rings. The summed E-state index contributed by atoms with van der Waals surface area (Å²) in [6, 6.07) is 12.2. The number of para-hydroxylation sites is 1. The van der Waals surface area contributed by atoms with E-state index in [9.17, 15) is 9.59 Å². The Morgan fingerprint density at radius 1 is 1.03 bits per heavy atom. The summed E-state index contributed by atoms with van der Waals surface area (Å²) < 4.78 is 6.13. The molecule has 0 unspecified atom stereocenters. The van der Waals surface area contributed by atoms with Crippen molar-refractivity contribution in [1.82, 2.24) is 20.1 Å². The standard InChI is InChI=1S/C19H20N4O.C4H4O4/c1-2-4-16-14(3-1)15(11-20-16)17-5-6-19(22-21-17)24-18-12-23-9-7-13(18)8-10-23;5-3(6)1-2-4(7)8/h1-6,11,13,18,20H,7-10,12H2;1-2H,(H,5,6)(H,7,8)/t18-;/m1./s1. The zero-order chi connectivity index (χ0) is 22.5. The van der Waals surface area contributed by atoms with Crippen LogP contribution in [0.1, 0.15) is 12.8 Å². The molecule has 5 heterocycles. The number of hydrogen-bond donors (Lipinski definition) is 3. The molecule has 3 saturated heterocycles. The molecule has 1 atom stereocenters. The van der Waals surface area contributed by atoms with Gasteiger partial charge in [-0.25, -0.2) is 9.59 Å². The van der Waals surface area contributed by atoms with Gasteiger partial charge in [0.15, 0.2) is 0 Å². The Balaban J connectivity index is 0.000000265.